The molecule has 1 atom stereocenters. The average Bonchev–Trinajstić information content (AvgIpc) is 2.48. The Balaban J connectivity index is 2.53. The molecule has 5 heteroatoms. The third-order valence-corrected chi connectivity index (χ3v) is 3.10. The molecule has 0 fully saturated rings. The van der Waals surface area contributed by atoms with Crippen molar-refractivity contribution in [2.45, 2.75) is 32.2 Å². The van der Waals surface area contributed by atoms with Crippen molar-refractivity contribution < 1.29 is 14.3 Å². The number of ether oxygens (including phenoxy) is 2. The molecule has 21 heavy (non-hydrogen) atoms. The van der Waals surface area contributed by atoms with E-state index in [2.05, 4.69) is 12.2 Å². The predicted molar refractivity (Wildman–Crippen MR) is 83.6 cm³/mol. The summed E-state index contributed by atoms with van der Waals surface area (Å²) < 4.78 is 10.6. The number of nitrogens with two attached hydrogens (primary N) is 1. The molecular formula is C16H26N2O3. The fraction of sp³-hybridized carbons (Fsp3) is 0.562. The van der Waals surface area contributed by atoms with Crippen molar-refractivity contribution in [1.82, 2.24) is 5.32 Å². The Labute approximate surface area is 126 Å². The number of unbranched alkanes of at least 4 members (excludes halogenated alkanes) is 1. The lowest BCUT2D eigenvalue weighted by Gasteiger charge is -2.17. The van der Waals surface area contributed by atoms with Crippen LogP contribution >= 0.6 is 0 Å². The van der Waals surface area contributed by atoms with Gasteiger partial charge in [0.05, 0.1) is 19.3 Å². The molecule has 0 radical (unpaired) electrons. The third-order valence-electron chi connectivity index (χ3n) is 3.10. The van der Waals surface area contributed by atoms with Crippen molar-refractivity contribution in [3.8, 4) is 5.75 Å². The van der Waals surface area contributed by atoms with Crippen LogP contribution in [0.4, 0.5) is 0 Å². The summed E-state index contributed by atoms with van der Waals surface area (Å²) in [5.41, 5.74) is 6.14. The van der Waals surface area contributed by atoms with Crippen molar-refractivity contribution in [2.24, 2.45) is 5.73 Å². The summed E-state index contributed by atoms with van der Waals surface area (Å²) in [5.74, 6) is 0.668. The number of methoxy groups -OCH3 is 1. The lowest BCUT2D eigenvalue weighted by Crippen LogP contribution is -2.39. The van der Waals surface area contributed by atoms with Gasteiger partial charge in [-0.3, -0.25) is 4.79 Å². The van der Waals surface area contributed by atoms with Crippen LogP contribution in [0.25, 0.3) is 0 Å². The molecule has 0 aliphatic heterocycles. The van der Waals surface area contributed by atoms with Crippen LogP contribution in [0.3, 0.4) is 0 Å². The zero-order valence-corrected chi connectivity index (χ0v) is 12.9. The molecular weight excluding hydrogens is 268 g/mol. The summed E-state index contributed by atoms with van der Waals surface area (Å²) in [6.45, 7) is 3.79. The van der Waals surface area contributed by atoms with Crippen molar-refractivity contribution >= 4 is 5.91 Å². The van der Waals surface area contributed by atoms with E-state index in [-0.39, 0.29) is 11.9 Å². The fourth-order valence-electron chi connectivity index (χ4n) is 1.91. The largest absolute Gasteiger partial charge is 0.494 e. The Morgan fingerprint density at radius 1 is 1.33 bits per heavy atom. The maximum Gasteiger partial charge on any atom is 0.251 e. The summed E-state index contributed by atoms with van der Waals surface area (Å²) >= 11 is 0. The monoisotopic (exact) mass is 294 g/mol. The number of carbonyl (C=O) groups is 1. The van der Waals surface area contributed by atoms with E-state index in [1.807, 2.05) is 12.1 Å². The fourth-order valence-corrected chi connectivity index (χ4v) is 1.91. The summed E-state index contributed by atoms with van der Waals surface area (Å²) in [4.78, 5) is 12.1. The molecule has 5 nitrogen and oxygen atoms in total. The summed E-state index contributed by atoms with van der Waals surface area (Å²) in [7, 11) is 1.61. The van der Waals surface area contributed by atoms with Crippen LogP contribution in [0.5, 0.6) is 5.75 Å². The van der Waals surface area contributed by atoms with Crippen molar-refractivity contribution in [3.05, 3.63) is 29.8 Å². The number of benzene rings is 1. The van der Waals surface area contributed by atoms with E-state index in [0.717, 1.165) is 18.6 Å². The number of hydrogen-bond donors (Lipinski definition) is 2. The first-order valence-corrected chi connectivity index (χ1v) is 7.44. The highest BCUT2D eigenvalue weighted by atomic mass is 16.5. The quantitative estimate of drug-likeness (QED) is 0.647. The topological polar surface area (TPSA) is 73.6 Å². The highest BCUT2D eigenvalue weighted by Gasteiger charge is 2.13. The molecule has 0 aromatic heterocycles. The summed E-state index contributed by atoms with van der Waals surface area (Å²) in [5, 5.41) is 2.92. The number of carbonyl (C=O) groups excluding carboxylic acids is 1. The van der Waals surface area contributed by atoms with E-state index < -0.39 is 0 Å². The minimum absolute atomic E-state index is 0.0621. The van der Waals surface area contributed by atoms with E-state index in [1.54, 1.807) is 19.2 Å². The first-order chi connectivity index (χ1) is 10.2. The SMILES string of the molecule is CCCCOc1ccc(C(=O)NC(CCN)COC)cc1. The second-order valence-electron chi connectivity index (χ2n) is 4.93. The van der Waals surface area contributed by atoms with Crippen LogP contribution in [0.15, 0.2) is 24.3 Å². The maximum atomic E-state index is 12.1. The molecule has 0 saturated heterocycles. The molecule has 3 N–H and O–H groups in total. The van der Waals surface area contributed by atoms with E-state index in [0.29, 0.717) is 31.7 Å². The van der Waals surface area contributed by atoms with E-state index in [9.17, 15) is 4.79 Å². The van der Waals surface area contributed by atoms with Gasteiger partial charge in [0.2, 0.25) is 0 Å². The van der Waals surface area contributed by atoms with Gasteiger partial charge >= 0.3 is 0 Å². The third kappa shape index (κ3) is 6.60. The van der Waals surface area contributed by atoms with Gasteiger partial charge in [-0.15, -0.1) is 0 Å². The molecule has 1 amide bonds. The first kappa shape index (κ1) is 17.5. The number of nitrogens with one attached hydrogen (secondary N) is 1. The standard InChI is InChI=1S/C16H26N2O3/c1-3-4-11-21-15-7-5-13(6-8-15)16(19)18-14(9-10-17)12-20-2/h5-8,14H,3-4,9-12,17H2,1-2H3,(H,18,19). The van der Waals surface area contributed by atoms with Crippen LogP contribution in [0.2, 0.25) is 0 Å². The molecule has 0 aliphatic rings. The zero-order chi connectivity index (χ0) is 15.5. The van der Waals surface area contributed by atoms with E-state index >= 15 is 0 Å². The minimum atomic E-state index is -0.120. The van der Waals surface area contributed by atoms with Crippen LogP contribution in [-0.4, -0.2) is 38.8 Å². The molecule has 0 aliphatic carbocycles. The number of rotatable bonds is 10. The second-order valence-corrected chi connectivity index (χ2v) is 4.93. The normalized spacial score (nSPS) is 12.0. The highest BCUT2D eigenvalue weighted by molar-refractivity contribution is 5.94. The Morgan fingerprint density at radius 3 is 2.62 bits per heavy atom. The van der Waals surface area contributed by atoms with Gasteiger partial charge in [0.25, 0.3) is 5.91 Å². The molecule has 0 heterocycles. The smallest absolute Gasteiger partial charge is 0.251 e. The van der Waals surface area contributed by atoms with Gasteiger partial charge in [-0.1, -0.05) is 13.3 Å². The first-order valence-electron chi connectivity index (χ1n) is 7.44. The molecule has 0 saturated carbocycles. The minimum Gasteiger partial charge on any atom is -0.494 e. The lowest BCUT2D eigenvalue weighted by atomic mass is 10.1. The maximum absolute atomic E-state index is 12.1. The van der Waals surface area contributed by atoms with Gasteiger partial charge in [-0.05, 0) is 43.7 Å². The number of amides is 1. The molecule has 0 bridgehead atoms. The molecule has 1 rings (SSSR count). The molecule has 0 spiro atoms. The molecule has 118 valence electrons. The number of hydrogen-bond acceptors (Lipinski definition) is 4. The van der Waals surface area contributed by atoms with Crippen molar-refractivity contribution in [1.29, 1.82) is 0 Å². The lowest BCUT2D eigenvalue weighted by molar-refractivity contribution is 0.0893. The van der Waals surface area contributed by atoms with Crippen molar-refractivity contribution in [2.75, 3.05) is 26.9 Å². The van der Waals surface area contributed by atoms with Crippen molar-refractivity contribution in [3.63, 3.8) is 0 Å². The zero-order valence-electron chi connectivity index (χ0n) is 12.9. The summed E-state index contributed by atoms with van der Waals surface area (Å²) in [6.07, 6.45) is 2.82. The van der Waals surface area contributed by atoms with E-state index in [4.69, 9.17) is 15.2 Å². The van der Waals surface area contributed by atoms with Gasteiger partial charge in [0.15, 0.2) is 0 Å². The Kier molecular flexibility index (Phi) is 8.47. The Morgan fingerprint density at radius 2 is 2.05 bits per heavy atom. The van der Waals surface area contributed by atoms with Gasteiger partial charge in [0, 0.05) is 12.7 Å². The highest BCUT2D eigenvalue weighted by Crippen LogP contribution is 2.13. The molecule has 1 aromatic rings. The summed E-state index contributed by atoms with van der Waals surface area (Å²) in [6, 6.07) is 7.11. The average molecular weight is 294 g/mol. The van der Waals surface area contributed by atoms with Gasteiger partial charge < -0.3 is 20.5 Å². The molecule has 1 unspecified atom stereocenters. The van der Waals surface area contributed by atoms with Gasteiger partial charge in [-0.2, -0.15) is 0 Å². The van der Waals surface area contributed by atoms with Crippen LogP contribution in [0.1, 0.15) is 36.5 Å². The van der Waals surface area contributed by atoms with Crippen LogP contribution < -0.4 is 15.8 Å². The van der Waals surface area contributed by atoms with Crippen LogP contribution in [0, 0.1) is 0 Å². The van der Waals surface area contributed by atoms with E-state index in [1.165, 1.54) is 0 Å². The second kappa shape index (κ2) is 10.2. The Hall–Kier alpha value is -1.59. The Bertz CT molecular complexity index is 400. The predicted octanol–water partition coefficient (Wildman–Crippen LogP) is 1.96. The molecule has 1 aromatic carbocycles. The van der Waals surface area contributed by atoms with Crippen LogP contribution in [-0.2, 0) is 4.74 Å². The van der Waals surface area contributed by atoms with Gasteiger partial charge in [0.1, 0.15) is 5.75 Å². The van der Waals surface area contributed by atoms with Gasteiger partial charge in [-0.25, -0.2) is 0 Å².